The van der Waals surface area contributed by atoms with Crippen LogP contribution in [0.15, 0.2) is 18.2 Å². The van der Waals surface area contributed by atoms with E-state index in [2.05, 4.69) is 20.2 Å². The second-order valence-electron chi connectivity index (χ2n) is 5.63. The molecule has 6 heteroatoms. The number of hydrogen-bond acceptors (Lipinski definition) is 4. The highest BCUT2D eigenvalue weighted by Gasteiger charge is 2.13. The Hall–Kier alpha value is -1.69. The minimum atomic E-state index is -0.136. The van der Waals surface area contributed by atoms with E-state index < -0.39 is 0 Å². The minimum absolute atomic E-state index is 0.136. The van der Waals surface area contributed by atoms with Crippen LogP contribution < -0.4 is 10.6 Å². The fourth-order valence-electron chi connectivity index (χ4n) is 2.90. The van der Waals surface area contributed by atoms with Crippen LogP contribution in [0.1, 0.15) is 38.5 Å². The van der Waals surface area contributed by atoms with Crippen molar-refractivity contribution >= 4 is 33.5 Å². The first kappa shape index (κ1) is 14.3. The van der Waals surface area contributed by atoms with Crippen molar-refractivity contribution in [2.24, 2.45) is 5.92 Å². The molecule has 0 atom stereocenters. The molecule has 0 saturated heterocycles. The molecule has 1 aromatic carbocycles. The minimum Gasteiger partial charge on any atom is -0.338 e. The Kier molecular flexibility index (Phi) is 4.65. The van der Waals surface area contributed by atoms with Crippen LogP contribution in [0, 0.1) is 5.92 Å². The van der Waals surface area contributed by atoms with E-state index in [1.807, 2.05) is 18.2 Å². The summed E-state index contributed by atoms with van der Waals surface area (Å²) in [6.45, 7) is 0.751. The first-order valence-corrected chi connectivity index (χ1v) is 8.35. The van der Waals surface area contributed by atoms with Crippen LogP contribution >= 0.6 is 11.5 Å². The van der Waals surface area contributed by atoms with Gasteiger partial charge < -0.3 is 10.6 Å². The zero-order valence-electron chi connectivity index (χ0n) is 12.0. The monoisotopic (exact) mass is 304 g/mol. The molecule has 0 bridgehead atoms. The van der Waals surface area contributed by atoms with Crippen LogP contribution in [0.5, 0.6) is 0 Å². The van der Waals surface area contributed by atoms with Gasteiger partial charge in [-0.1, -0.05) is 36.6 Å². The van der Waals surface area contributed by atoms with Crippen molar-refractivity contribution in [3.8, 4) is 0 Å². The van der Waals surface area contributed by atoms with E-state index in [1.165, 1.54) is 43.6 Å². The molecule has 1 fully saturated rings. The fourth-order valence-corrected chi connectivity index (χ4v) is 3.50. The molecule has 1 aromatic heterocycles. The molecular formula is C15H20N4OS. The molecule has 0 unspecified atom stereocenters. The first-order valence-electron chi connectivity index (χ1n) is 7.58. The largest absolute Gasteiger partial charge is 0.338 e. The van der Waals surface area contributed by atoms with Crippen molar-refractivity contribution in [3.05, 3.63) is 18.2 Å². The average Bonchev–Trinajstić information content (AvgIpc) is 2.96. The number of urea groups is 1. The molecule has 1 aliphatic rings. The number of carbonyl (C=O) groups is 1. The molecule has 1 saturated carbocycles. The molecule has 5 nitrogen and oxygen atoms in total. The van der Waals surface area contributed by atoms with Crippen molar-refractivity contribution < 1.29 is 4.79 Å². The lowest BCUT2D eigenvalue weighted by molar-refractivity contribution is 0.250. The van der Waals surface area contributed by atoms with Gasteiger partial charge in [-0.05, 0) is 42.1 Å². The number of anilines is 1. The summed E-state index contributed by atoms with van der Waals surface area (Å²) in [5.41, 5.74) is 1.65. The zero-order chi connectivity index (χ0) is 14.5. The Morgan fingerprint density at radius 3 is 3.00 bits per heavy atom. The number of amides is 2. The van der Waals surface area contributed by atoms with E-state index in [-0.39, 0.29) is 6.03 Å². The molecule has 1 heterocycles. The van der Waals surface area contributed by atoms with E-state index in [0.717, 1.165) is 34.8 Å². The van der Waals surface area contributed by atoms with E-state index in [0.29, 0.717) is 0 Å². The van der Waals surface area contributed by atoms with E-state index in [1.54, 1.807) is 0 Å². The van der Waals surface area contributed by atoms with E-state index in [4.69, 9.17) is 0 Å². The van der Waals surface area contributed by atoms with Gasteiger partial charge in [0.1, 0.15) is 5.52 Å². The van der Waals surface area contributed by atoms with Gasteiger partial charge in [-0.3, -0.25) is 0 Å². The van der Waals surface area contributed by atoms with Crippen molar-refractivity contribution in [2.45, 2.75) is 38.5 Å². The first-order chi connectivity index (χ1) is 10.3. The van der Waals surface area contributed by atoms with Crippen molar-refractivity contribution in [2.75, 3.05) is 11.9 Å². The van der Waals surface area contributed by atoms with Crippen LogP contribution in [0.25, 0.3) is 10.2 Å². The molecule has 0 aliphatic heterocycles. The number of benzene rings is 1. The summed E-state index contributed by atoms with van der Waals surface area (Å²) in [4.78, 5) is 11.9. The highest BCUT2D eigenvalue weighted by molar-refractivity contribution is 7.12. The normalized spacial score (nSPS) is 16.0. The van der Waals surface area contributed by atoms with Gasteiger partial charge in [0.2, 0.25) is 0 Å². The van der Waals surface area contributed by atoms with Gasteiger partial charge in [0.05, 0.1) is 4.70 Å². The standard InChI is InChI=1S/C15H20N4OS/c20-15(16-9-8-11-4-2-1-3-5-11)17-12-6-7-13-14(10-12)21-19-18-13/h6-7,10-11H,1-5,8-9H2,(H2,16,17,20). The number of carbonyl (C=O) groups excluding carboxylic acids is 1. The van der Waals surface area contributed by atoms with Gasteiger partial charge in [0, 0.05) is 12.2 Å². The molecule has 2 amide bonds. The molecular weight excluding hydrogens is 284 g/mol. The number of rotatable bonds is 4. The number of aromatic nitrogens is 2. The second-order valence-corrected chi connectivity index (χ2v) is 6.41. The van der Waals surface area contributed by atoms with Crippen LogP contribution in [-0.2, 0) is 0 Å². The third-order valence-electron chi connectivity index (χ3n) is 4.07. The van der Waals surface area contributed by atoms with E-state index >= 15 is 0 Å². The summed E-state index contributed by atoms with van der Waals surface area (Å²) < 4.78 is 4.87. The van der Waals surface area contributed by atoms with Crippen LogP contribution in [0.3, 0.4) is 0 Å². The zero-order valence-corrected chi connectivity index (χ0v) is 12.8. The van der Waals surface area contributed by atoms with Crippen LogP contribution in [-0.4, -0.2) is 22.2 Å². The quantitative estimate of drug-likeness (QED) is 0.903. The Balaban J connectivity index is 1.44. The summed E-state index contributed by atoms with van der Waals surface area (Å²) in [6.07, 6.45) is 7.79. The maximum atomic E-state index is 11.9. The van der Waals surface area contributed by atoms with Crippen LogP contribution in [0.2, 0.25) is 0 Å². The number of fused-ring (bicyclic) bond motifs is 1. The van der Waals surface area contributed by atoms with Gasteiger partial charge >= 0.3 is 6.03 Å². The molecule has 1 aliphatic carbocycles. The van der Waals surface area contributed by atoms with Crippen molar-refractivity contribution in [3.63, 3.8) is 0 Å². The lowest BCUT2D eigenvalue weighted by atomic mass is 9.87. The second kappa shape index (κ2) is 6.85. The SMILES string of the molecule is O=C(NCCC1CCCCC1)Nc1ccc2nnsc2c1. The van der Waals surface area contributed by atoms with E-state index in [9.17, 15) is 4.79 Å². The smallest absolute Gasteiger partial charge is 0.319 e. The maximum Gasteiger partial charge on any atom is 0.319 e. The predicted molar refractivity (Wildman–Crippen MR) is 85.6 cm³/mol. The Morgan fingerprint density at radius 2 is 2.14 bits per heavy atom. The van der Waals surface area contributed by atoms with Crippen molar-refractivity contribution in [1.82, 2.24) is 14.9 Å². The fraction of sp³-hybridized carbons (Fsp3) is 0.533. The number of nitrogens with one attached hydrogen (secondary N) is 2. The molecule has 3 rings (SSSR count). The number of hydrogen-bond donors (Lipinski definition) is 2. The lowest BCUT2D eigenvalue weighted by Crippen LogP contribution is -2.30. The van der Waals surface area contributed by atoms with Gasteiger partial charge in [-0.15, -0.1) is 5.10 Å². The highest BCUT2D eigenvalue weighted by Crippen LogP contribution is 2.25. The van der Waals surface area contributed by atoms with Crippen molar-refractivity contribution in [1.29, 1.82) is 0 Å². The van der Waals surface area contributed by atoms with Gasteiger partial charge in [0.25, 0.3) is 0 Å². The summed E-state index contributed by atoms with van der Waals surface area (Å²) in [5, 5.41) is 9.79. The molecule has 2 N–H and O–H groups in total. The summed E-state index contributed by atoms with van der Waals surface area (Å²) >= 11 is 1.33. The van der Waals surface area contributed by atoms with Gasteiger partial charge in [0.15, 0.2) is 0 Å². The Labute approximate surface area is 128 Å². The molecule has 21 heavy (non-hydrogen) atoms. The predicted octanol–water partition coefficient (Wildman–Crippen LogP) is 3.78. The summed E-state index contributed by atoms with van der Waals surface area (Å²) in [6, 6.07) is 5.49. The van der Waals surface area contributed by atoms with Gasteiger partial charge in [-0.2, -0.15) is 0 Å². The lowest BCUT2D eigenvalue weighted by Gasteiger charge is -2.21. The topological polar surface area (TPSA) is 66.9 Å². The maximum absolute atomic E-state index is 11.9. The van der Waals surface area contributed by atoms with Gasteiger partial charge in [-0.25, -0.2) is 4.79 Å². The molecule has 0 spiro atoms. The van der Waals surface area contributed by atoms with Crippen LogP contribution in [0.4, 0.5) is 10.5 Å². The third kappa shape index (κ3) is 3.91. The highest BCUT2D eigenvalue weighted by atomic mass is 32.1. The number of nitrogens with zero attached hydrogens (tertiary/aromatic N) is 2. The summed E-state index contributed by atoms with van der Waals surface area (Å²) in [5.74, 6) is 0.790. The average molecular weight is 304 g/mol. The Bertz CT molecular complexity index is 606. The molecule has 0 radical (unpaired) electrons. The Morgan fingerprint density at radius 1 is 1.29 bits per heavy atom. The summed E-state index contributed by atoms with van der Waals surface area (Å²) in [7, 11) is 0. The molecule has 112 valence electrons. The third-order valence-corrected chi connectivity index (χ3v) is 4.76. The molecule has 2 aromatic rings.